The predicted molar refractivity (Wildman–Crippen MR) is 110 cm³/mol. The third-order valence-corrected chi connectivity index (χ3v) is 5.72. The molecule has 0 aliphatic heterocycles. The lowest BCUT2D eigenvalue weighted by Crippen LogP contribution is -2.23. The number of nitrogens with zero attached hydrogens (tertiary/aromatic N) is 2. The molecule has 1 heterocycles. The molecule has 0 spiro atoms. The Labute approximate surface area is 175 Å². The Morgan fingerprint density at radius 3 is 2.48 bits per heavy atom. The van der Waals surface area contributed by atoms with Crippen LogP contribution >= 0.6 is 11.6 Å². The Morgan fingerprint density at radius 2 is 1.97 bits per heavy atom. The first-order valence-corrected chi connectivity index (χ1v) is 11.4. The van der Waals surface area contributed by atoms with Crippen molar-refractivity contribution in [3.63, 3.8) is 0 Å². The molecular formula is C19H25ClN2O6S. The van der Waals surface area contributed by atoms with E-state index in [0.717, 1.165) is 11.3 Å². The molecule has 1 N–H and O–H groups in total. The maximum Gasteiger partial charge on any atom is 0.344 e. The van der Waals surface area contributed by atoms with Crippen LogP contribution in [0.5, 0.6) is 17.4 Å². The lowest BCUT2D eigenvalue weighted by Gasteiger charge is -2.17. The van der Waals surface area contributed by atoms with Gasteiger partial charge in [0.15, 0.2) is 11.9 Å². The van der Waals surface area contributed by atoms with E-state index in [9.17, 15) is 18.3 Å². The van der Waals surface area contributed by atoms with Gasteiger partial charge in [-0.1, -0.05) is 11.6 Å². The quantitative estimate of drug-likeness (QED) is 0.632. The van der Waals surface area contributed by atoms with Crippen molar-refractivity contribution in [1.82, 2.24) is 9.78 Å². The molecule has 0 aliphatic carbocycles. The van der Waals surface area contributed by atoms with Gasteiger partial charge >= 0.3 is 5.97 Å². The van der Waals surface area contributed by atoms with E-state index < -0.39 is 21.9 Å². The van der Waals surface area contributed by atoms with Crippen molar-refractivity contribution >= 4 is 27.4 Å². The standard InChI is InChI=1S/C19H25ClN2O6S/c1-11-12(2)21-22(4)18(11)28-17-10-16(27-13(3)19(23)24)14(9-15(17)20)7-6-8-29(5,25)26/h9-10,13H,6-8H2,1-5H3,(H,23,24)/t13-/m0/s1. The number of aromatic nitrogens is 2. The molecule has 2 rings (SSSR count). The van der Waals surface area contributed by atoms with Gasteiger partial charge in [-0.2, -0.15) is 5.10 Å². The van der Waals surface area contributed by atoms with E-state index in [4.69, 9.17) is 21.1 Å². The molecule has 8 nitrogen and oxygen atoms in total. The molecule has 0 unspecified atom stereocenters. The highest BCUT2D eigenvalue weighted by atomic mass is 35.5. The van der Waals surface area contributed by atoms with Crippen molar-refractivity contribution in [3.05, 3.63) is 34.0 Å². The minimum atomic E-state index is -3.11. The molecule has 10 heteroatoms. The molecule has 0 amide bonds. The van der Waals surface area contributed by atoms with E-state index in [1.54, 1.807) is 17.8 Å². The van der Waals surface area contributed by atoms with Crippen molar-refractivity contribution in [3.8, 4) is 17.4 Å². The number of hydrogen-bond acceptors (Lipinski definition) is 6. The molecule has 0 radical (unpaired) electrons. The van der Waals surface area contributed by atoms with Crippen molar-refractivity contribution in [2.75, 3.05) is 12.0 Å². The molecule has 1 atom stereocenters. The van der Waals surface area contributed by atoms with Gasteiger partial charge in [-0.05, 0) is 45.2 Å². The van der Waals surface area contributed by atoms with Gasteiger partial charge in [-0.25, -0.2) is 17.9 Å². The Hall–Kier alpha value is -2.26. The zero-order chi connectivity index (χ0) is 21.9. The third kappa shape index (κ3) is 6.11. The fraction of sp³-hybridized carbons (Fsp3) is 0.474. The van der Waals surface area contributed by atoms with Crippen LogP contribution in [0.25, 0.3) is 0 Å². The summed E-state index contributed by atoms with van der Waals surface area (Å²) in [5.74, 6) is -0.0415. The monoisotopic (exact) mass is 444 g/mol. The number of sulfone groups is 1. The second-order valence-corrected chi connectivity index (χ2v) is 9.63. The number of aryl methyl sites for hydroxylation is 3. The summed E-state index contributed by atoms with van der Waals surface area (Å²) in [6, 6.07) is 3.14. The van der Waals surface area contributed by atoms with Crippen LogP contribution in [0, 0.1) is 13.8 Å². The number of hydrogen-bond donors (Lipinski definition) is 1. The first kappa shape index (κ1) is 23.0. The lowest BCUT2D eigenvalue weighted by molar-refractivity contribution is -0.144. The van der Waals surface area contributed by atoms with Crippen molar-refractivity contribution in [2.24, 2.45) is 7.05 Å². The van der Waals surface area contributed by atoms with Crippen LogP contribution in [0.15, 0.2) is 12.1 Å². The van der Waals surface area contributed by atoms with Crippen LogP contribution in [0.3, 0.4) is 0 Å². The van der Waals surface area contributed by atoms with Crippen molar-refractivity contribution < 1.29 is 27.8 Å². The minimum absolute atomic E-state index is 0.00425. The highest BCUT2D eigenvalue weighted by Gasteiger charge is 2.20. The van der Waals surface area contributed by atoms with Crippen LogP contribution in [0.2, 0.25) is 5.02 Å². The molecule has 2 aromatic rings. The molecule has 29 heavy (non-hydrogen) atoms. The fourth-order valence-corrected chi connectivity index (χ4v) is 3.61. The van der Waals surface area contributed by atoms with Crippen LogP contribution in [0.1, 0.15) is 30.2 Å². The van der Waals surface area contributed by atoms with E-state index in [0.29, 0.717) is 29.3 Å². The molecule has 160 valence electrons. The first-order chi connectivity index (χ1) is 13.4. The van der Waals surface area contributed by atoms with Crippen LogP contribution < -0.4 is 9.47 Å². The Balaban J connectivity index is 2.39. The summed E-state index contributed by atoms with van der Waals surface area (Å²) in [5, 5.41) is 13.8. The summed E-state index contributed by atoms with van der Waals surface area (Å²) in [6.45, 7) is 5.14. The molecule has 0 fully saturated rings. The largest absolute Gasteiger partial charge is 0.479 e. The van der Waals surface area contributed by atoms with Gasteiger partial charge in [0.2, 0.25) is 5.88 Å². The number of halogens is 1. The summed E-state index contributed by atoms with van der Waals surface area (Å²) in [4.78, 5) is 11.2. The molecule has 0 saturated carbocycles. The number of ether oxygens (including phenoxy) is 2. The molecule has 0 bridgehead atoms. The Bertz CT molecular complexity index is 1020. The summed E-state index contributed by atoms with van der Waals surface area (Å²) in [7, 11) is -1.37. The van der Waals surface area contributed by atoms with Crippen LogP contribution in [-0.2, 0) is 28.1 Å². The average Bonchev–Trinajstić information content (AvgIpc) is 2.83. The topological polar surface area (TPSA) is 108 Å². The lowest BCUT2D eigenvalue weighted by atomic mass is 10.1. The van der Waals surface area contributed by atoms with Gasteiger partial charge in [-0.3, -0.25) is 0 Å². The van der Waals surface area contributed by atoms with Crippen molar-refractivity contribution in [1.29, 1.82) is 0 Å². The number of carboxylic acid groups (broad SMARTS) is 1. The summed E-state index contributed by atoms with van der Waals surface area (Å²) in [6.07, 6.45) is 0.781. The number of aliphatic carboxylic acids is 1. The van der Waals surface area contributed by atoms with Crippen LogP contribution in [0.4, 0.5) is 0 Å². The number of carboxylic acids is 1. The van der Waals surface area contributed by atoms with Gasteiger partial charge in [0, 0.05) is 24.9 Å². The Morgan fingerprint density at radius 1 is 1.31 bits per heavy atom. The summed E-state index contributed by atoms with van der Waals surface area (Å²) in [5.41, 5.74) is 2.27. The van der Waals surface area contributed by atoms with E-state index in [1.807, 2.05) is 13.8 Å². The third-order valence-electron chi connectivity index (χ3n) is 4.39. The number of rotatable bonds is 9. The summed E-state index contributed by atoms with van der Waals surface area (Å²) >= 11 is 6.39. The van der Waals surface area contributed by atoms with Gasteiger partial charge in [0.25, 0.3) is 0 Å². The maximum absolute atomic E-state index is 11.4. The second kappa shape index (κ2) is 9.04. The highest BCUT2D eigenvalue weighted by Crippen LogP contribution is 2.37. The van der Waals surface area contributed by atoms with E-state index in [1.165, 1.54) is 19.2 Å². The maximum atomic E-state index is 11.4. The predicted octanol–water partition coefficient (Wildman–Crippen LogP) is 3.31. The fourth-order valence-electron chi connectivity index (χ4n) is 2.71. The van der Waals surface area contributed by atoms with Crippen molar-refractivity contribution in [2.45, 2.75) is 39.7 Å². The molecular weight excluding hydrogens is 420 g/mol. The zero-order valence-corrected chi connectivity index (χ0v) is 18.6. The van der Waals surface area contributed by atoms with Gasteiger partial charge in [0.1, 0.15) is 15.6 Å². The smallest absolute Gasteiger partial charge is 0.344 e. The molecule has 0 saturated heterocycles. The average molecular weight is 445 g/mol. The van der Waals surface area contributed by atoms with Gasteiger partial charge in [0.05, 0.1) is 16.5 Å². The molecule has 1 aromatic carbocycles. The number of benzene rings is 1. The molecule has 1 aromatic heterocycles. The van der Waals surface area contributed by atoms with E-state index in [2.05, 4.69) is 5.10 Å². The first-order valence-electron chi connectivity index (χ1n) is 8.96. The van der Waals surface area contributed by atoms with Crippen LogP contribution in [-0.4, -0.2) is 47.4 Å². The summed E-state index contributed by atoms with van der Waals surface area (Å²) < 4.78 is 35.9. The van der Waals surface area contributed by atoms with E-state index in [-0.39, 0.29) is 17.3 Å². The normalized spacial score (nSPS) is 12.6. The van der Waals surface area contributed by atoms with Gasteiger partial charge < -0.3 is 14.6 Å². The Kier molecular flexibility index (Phi) is 7.18. The van der Waals surface area contributed by atoms with Gasteiger partial charge in [-0.15, -0.1) is 0 Å². The molecule has 0 aliphatic rings. The minimum Gasteiger partial charge on any atom is -0.479 e. The SMILES string of the molecule is Cc1nn(C)c(Oc2cc(O[C@@H](C)C(=O)O)c(CCCS(C)(=O)=O)cc2Cl)c1C. The van der Waals surface area contributed by atoms with E-state index >= 15 is 0 Å². The zero-order valence-electron chi connectivity index (χ0n) is 17.0. The number of carbonyl (C=O) groups is 1. The highest BCUT2D eigenvalue weighted by molar-refractivity contribution is 7.90. The second-order valence-electron chi connectivity index (χ2n) is 6.96.